The number of hydrogen-bond acceptors (Lipinski definition) is 5. The number of hydrogen-bond donors (Lipinski definition) is 1. The first-order chi connectivity index (χ1) is 16.0. The summed E-state index contributed by atoms with van der Waals surface area (Å²) in [5.74, 6) is -3.16. The Balaban J connectivity index is 1.69. The Bertz CT molecular complexity index is 1500. The molecule has 10 heteroatoms. The van der Waals surface area contributed by atoms with Crippen molar-refractivity contribution in [2.45, 2.75) is 11.4 Å². The quantitative estimate of drug-likeness (QED) is 0.611. The number of carbonyl (C=O) groups is 2. The second kappa shape index (κ2) is 8.35. The van der Waals surface area contributed by atoms with Crippen molar-refractivity contribution in [1.29, 1.82) is 5.26 Å². The maximum atomic E-state index is 14.9. The molecule has 0 saturated heterocycles. The first-order valence-corrected chi connectivity index (χ1v) is 11.8. The summed E-state index contributed by atoms with van der Waals surface area (Å²) in [6, 6.07) is 11.6. The molecule has 1 aliphatic rings. The standard InChI is InChI=1S/C24H17F2N3O4S/c1-29-12-15-5-4-14(8-17(15)24(29)31)22-19(25)9-16(10-20(22)26)28-23(30)18-7-13(11-27)3-6-21(18)34(2,32)33/h3-10H,12H2,1-2H3,(H,28,30). The van der Waals surface area contributed by atoms with Gasteiger partial charge in [-0.25, -0.2) is 17.2 Å². The number of rotatable bonds is 4. The van der Waals surface area contributed by atoms with Gasteiger partial charge < -0.3 is 10.2 Å². The van der Waals surface area contributed by atoms with Gasteiger partial charge in [0, 0.05) is 31.1 Å². The van der Waals surface area contributed by atoms with Crippen LogP contribution in [-0.2, 0) is 16.4 Å². The van der Waals surface area contributed by atoms with Crippen molar-refractivity contribution in [1.82, 2.24) is 4.90 Å². The lowest BCUT2D eigenvalue weighted by Crippen LogP contribution is -2.17. The van der Waals surface area contributed by atoms with Crippen molar-refractivity contribution < 1.29 is 26.8 Å². The summed E-state index contributed by atoms with van der Waals surface area (Å²) in [5, 5.41) is 11.4. The number of nitrogens with zero attached hydrogens (tertiary/aromatic N) is 2. The molecule has 3 aromatic rings. The summed E-state index contributed by atoms with van der Waals surface area (Å²) < 4.78 is 53.9. The van der Waals surface area contributed by atoms with E-state index in [1.807, 2.05) is 6.07 Å². The van der Waals surface area contributed by atoms with Gasteiger partial charge >= 0.3 is 0 Å². The summed E-state index contributed by atoms with van der Waals surface area (Å²) >= 11 is 0. The number of nitriles is 1. The maximum Gasteiger partial charge on any atom is 0.257 e. The zero-order valence-corrected chi connectivity index (χ0v) is 18.8. The zero-order valence-electron chi connectivity index (χ0n) is 18.0. The lowest BCUT2D eigenvalue weighted by atomic mass is 9.99. The highest BCUT2D eigenvalue weighted by atomic mass is 32.2. The predicted molar refractivity (Wildman–Crippen MR) is 120 cm³/mol. The van der Waals surface area contributed by atoms with Crippen LogP contribution in [0, 0.1) is 23.0 Å². The van der Waals surface area contributed by atoms with E-state index in [9.17, 15) is 26.8 Å². The average molecular weight is 481 g/mol. The first-order valence-electron chi connectivity index (χ1n) is 9.93. The number of anilines is 1. The lowest BCUT2D eigenvalue weighted by molar-refractivity contribution is 0.0816. The van der Waals surface area contributed by atoms with Crippen LogP contribution in [-0.4, -0.2) is 38.4 Å². The largest absolute Gasteiger partial charge is 0.337 e. The third-order valence-electron chi connectivity index (χ3n) is 5.44. The molecule has 1 N–H and O–H groups in total. The predicted octanol–water partition coefficient (Wildman–Crippen LogP) is 3.74. The molecule has 1 heterocycles. The molecule has 4 rings (SSSR count). The number of fused-ring (bicyclic) bond motifs is 1. The molecule has 34 heavy (non-hydrogen) atoms. The highest BCUT2D eigenvalue weighted by molar-refractivity contribution is 7.90. The van der Waals surface area contributed by atoms with E-state index in [-0.39, 0.29) is 38.7 Å². The molecule has 0 radical (unpaired) electrons. The third-order valence-corrected chi connectivity index (χ3v) is 6.59. The number of nitrogens with one attached hydrogen (secondary N) is 1. The van der Waals surface area contributed by atoms with Crippen LogP contribution in [0.1, 0.15) is 31.8 Å². The van der Waals surface area contributed by atoms with Crippen molar-refractivity contribution in [3.63, 3.8) is 0 Å². The first kappa shape index (κ1) is 23.1. The highest BCUT2D eigenvalue weighted by Gasteiger charge is 2.26. The van der Waals surface area contributed by atoms with Gasteiger partial charge in [0.15, 0.2) is 9.84 Å². The average Bonchev–Trinajstić information content (AvgIpc) is 3.05. The monoisotopic (exact) mass is 481 g/mol. The van der Waals surface area contributed by atoms with Gasteiger partial charge in [-0.3, -0.25) is 9.59 Å². The Morgan fingerprint density at radius 3 is 2.38 bits per heavy atom. The van der Waals surface area contributed by atoms with Gasteiger partial charge in [-0.15, -0.1) is 0 Å². The molecule has 1 aliphatic heterocycles. The van der Waals surface area contributed by atoms with E-state index >= 15 is 0 Å². The number of sulfone groups is 1. The van der Waals surface area contributed by atoms with Crippen LogP contribution in [0.3, 0.4) is 0 Å². The third kappa shape index (κ3) is 4.13. The topological polar surface area (TPSA) is 107 Å². The molecule has 0 atom stereocenters. The van der Waals surface area contributed by atoms with Crippen LogP contribution in [0.15, 0.2) is 53.4 Å². The number of benzene rings is 3. The van der Waals surface area contributed by atoms with E-state index in [1.54, 1.807) is 13.1 Å². The Morgan fingerprint density at radius 1 is 1.09 bits per heavy atom. The normalized spacial score (nSPS) is 12.9. The smallest absolute Gasteiger partial charge is 0.257 e. The Hall–Kier alpha value is -4.10. The molecule has 172 valence electrons. The number of amides is 2. The summed E-state index contributed by atoms with van der Waals surface area (Å²) in [4.78, 5) is 26.1. The number of halogens is 2. The Kier molecular flexibility index (Phi) is 5.67. The fourth-order valence-corrected chi connectivity index (χ4v) is 4.69. The lowest BCUT2D eigenvalue weighted by Gasteiger charge is -2.12. The molecule has 3 aromatic carbocycles. The molecular weight excluding hydrogens is 464 g/mol. The Morgan fingerprint density at radius 2 is 1.76 bits per heavy atom. The van der Waals surface area contributed by atoms with E-state index in [0.717, 1.165) is 36.1 Å². The van der Waals surface area contributed by atoms with Crippen LogP contribution in [0.4, 0.5) is 14.5 Å². The van der Waals surface area contributed by atoms with E-state index in [1.165, 1.54) is 23.1 Å². The molecule has 0 aliphatic carbocycles. The van der Waals surface area contributed by atoms with Crippen LogP contribution in [0.5, 0.6) is 0 Å². The van der Waals surface area contributed by atoms with Gasteiger partial charge in [-0.1, -0.05) is 12.1 Å². The maximum absolute atomic E-state index is 14.9. The minimum atomic E-state index is -3.82. The minimum absolute atomic E-state index is 0.0436. The molecule has 0 aromatic heterocycles. The molecular formula is C24H17F2N3O4S. The van der Waals surface area contributed by atoms with Gasteiger partial charge in [0.1, 0.15) is 11.6 Å². The Labute approximate surface area is 194 Å². The summed E-state index contributed by atoms with van der Waals surface area (Å²) in [7, 11) is -2.19. The summed E-state index contributed by atoms with van der Waals surface area (Å²) in [6.45, 7) is 0.410. The molecule has 7 nitrogen and oxygen atoms in total. The summed E-state index contributed by atoms with van der Waals surface area (Å²) in [5.41, 5.74) is 0.379. The molecule has 0 unspecified atom stereocenters. The van der Waals surface area contributed by atoms with E-state index in [2.05, 4.69) is 5.32 Å². The van der Waals surface area contributed by atoms with Crippen molar-refractivity contribution >= 4 is 27.3 Å². The van der Waals surface area contributed by atoms with Gasteiger partial charge in [-0.2, -0.15) is 5.26 Å². The van der Waals surface area contributed by atoms with Gasteiger partial charge in [0.05, 0.1) is 27.7 Å². The van der Waals surface area contributed by atoms with Crippen LogP contribution < -0.4 is 5.32 Å². The van der Waals surface area contributed by atoms with Crippen LogP contribution in [0.25, 0.3) is 11.1 Å². The van der Waals surface area contributed by atoms with Crippen molar-refractivity contribution in [2.75, 3.05) is 18.6 Å². The van der Waals surface area contributed by atoms with Crippen LogP contribution >= 0.6 is 0 Å². The zero-order chi connectivity index (χ0) is 24.8. The second-order valence-electron chi connectivity index (χ2n) is 7.90. The molecule has 2 amide bonds. The minimum Gasteiger partial charge on any atom is -0.337 e. The fourth-order valence-electron chi connectivity index (χ4n) is 3.82. The summed E-state index contributed by atoms with van der Waals surface area (Å²) in [6.07, 6.45) is 0.901. The number of carbonyl (C=O) groups excluding carboxylic acids is 2. The van der Waals surface area contributed by atoms with Crippen molar-refractivity contribution in [2.24, 2.45) is 0 Å². The second-order valence-corrected chi connectivity index (χ2v) is 9.88. The molecule has 0 spiro atoms. The van der Waals surface area contributed by atoms with E-state index in [4.69, 9.17) is 5.26 Å². The molecule has 0 saturated carbocycles. The van der Waals surface area contributed by atoms with E-state index in [0.29, 0.717) is 12.1 Å². The van der Waals surface area contributed by atoms with Gasteiger partial charge in [0.2, 0.25) is 0 Å². The van der Waals surface area contributed by atoms with Gasteiger partial charge in [-0.05, 0) is 47.5 Å². The van der Waals surface area contributed by atoms with Crippen molar-refractivity contribution in [3.8, 4) is 17.2 Å². The highest BCUT2D eigenvalue weighted by Crippen LogP contribution is 2.33. The van der Waals surface area contributed by atoms with E-state index < -0.39 is 27.4 Å². The van der Waals surface area contributed by atoms with Gasteiger partial charge in [0.25, 0.3) is 11.8 Å². The molecule has 0 fully saturated rings. The van der Waals surface area contributed by atoms with Crippen LogP contribution in [0.2, 0.25) is 0 Å². The SMILES string of the molecule is CN1Cc2ccc(-c3c(F)cc(NC(=O)c4cc(C#N)ccc4S(C)(=O)=O)cc3F)cc2C1=O. The molecule has 0 bridgehead atoms. The fraction of sp³-hybridized carbons (Fsp3) is 0.125. The van der Waals surface area contributed by atoms with Crippen molar-refractivity contribution in [3.05, 3.63) is 82.4 Å².